The van der Waals surface area contributed by atoms with Crippen molar-refractivity contribution in [1.29, 1.82) is 0 Å². The van der Waals surface area contributed by atoms with Crippen molar-refractivity contribution in [2.45, 2.75) is 25.4 Å². The zero-order valence-corrected chi connectivity index (χ0v) is 14.3. The van der Waals surface area contributed by atoms with Crippen LogP contribution >= 0.6 is 0 Å². The highest BCUT2D eigenvalue weighted by molar-refractivity contribution is 5.77. The Kier molecular flexibility index (Phi) is 5.01. The van der Waals surface area contributed by atoms with Crippen LogP contribution in [0.4, 0.5) is 0 Å². The van der Waals surface area contributed by atoms with Gasteiger partial charge in [0.05, 0.1) is 11.0 Å². The first kappa shape index (κ1) is 16.7. The minimum Gasteiger partial charge on any atom is -0.352 e. The number of likely N-dealkylation sites (N-methyl/N-ethyl adjacent to an activating group) is 2. The quantitative estimate of drug-likeness (QED) is 0.720. The maximum Gasteiger partial charge on any atom is 0.323 e. The maximum atomic E-state index is 12.1. The van der Waals surface area contributed by atoms with Gasteiger partial charge in [0, 0.05) is 32.1 Å². The molecule has 1 amide bonds. The van der Waals surface area contributed by atoms with Crippen LogP contribution < -0.4 is 11.0 Å². The molecule has 1 aromatic heterocycles. The molecule has 1 fully saturated rings. The summed E-state index contributed by atoms with van der Waals surface area (Å²) in [5.74, 6) is 0.0517. The molecule has 0 bridgehead atoms. The molecule has 7 nitrogen and oxygen atoms in total. The van der Waals surface area contributed by atoms with Crippen LogP contribution in [0.5, 0.6) is 0 Å². The van der Waals surface area contributed by atoms with Crippen LogP contribution in [-0.4, -0.2) is 65.4 Å². The second-order valence-electron chi connectivity index (χ2n) is 6.67. The minimum absolute atomic E-state index is 0.0517. The lowest BCUT2D eigenvalue weighted by molar-refractivity contribution is -0.121. The number of benzene rings is 1. The first-order valence-corrected chi connectivity index (χ1v) is 8.37. The topological polar surface area (TPSA) is 84.2 Å². The molecule has 1 saturated heterocycles. The molecule has 3 rings (SSSR count). The van der Waals surface area contributed by atoms with Gasteiger partial charge in [0.25, 0.3) is 0 Å². The van der Waals surface area contributed by atoms with Crippen molar-refractivity contribution in [3.8, 4) is 0 Å². The van der Waals surface area contributed by atoms with Crippen LogP contribution in [0.15, 0.2) is 23.0 Å². The summed E-state index contributed by atoms with van der Waals surface area (Å²) >= 11 is 0. The summed E-state index contributed by atoms with van der Waals surface area (Å²) in [5, 5.41) is 2.95. The van der Waals surface area contributed by atoms with E-state index in [0.29, 0.717) is 19.0 Å². The molecule has 24 heavy (non-hydrogen) atoms. The number of imidazole rings is 1. The van der Waals surface area contributed by atoms with E-state index in [1.165, 1.54) is 6.42 Å². The minimum atomic E-state index is -0.216. The number of amides is 1. The van der Waals surface area contributed by atoms with E-state index < -0.39 is 0 Å². The van der Waals surface area contributed by atoms with Crippen LogP contribution in [0.2, 0.25) is 0 Å². The molecule has 1 aliphatic heterocycles. The first-order valence-electron chi connectivity index (χ1n) is 8.37. The molecule has 1 unspecified atom stereocenters. The third-order valence-corrected chi connectivity index (χ3v) is 4.75. The number of aromatic amines is 2. The average molecular weight is 331 g/mol. The van der Waals surface area contributed by atoms with E-state index in [0.717, 1.165) is 36.2 Å². The summed E-state index contributed by atoms with van der Waals surface area (Å²) in [4.78, 5) is 33.3. The van der Waals surface area contributed by atoms with Crippen molar-refractivity contribution in [1.82, 2.24) is 25.1 Å². The third kappa shape index (κ3) is 4.04. The Bertz CT molecular complexity index is 766. The fraction of sp³-hybridized carbons (Fsp3) is 0.529. The molecule has 0 aliphatic carbocycles. The molecule has 2 aromatic rings. The highest BCUT2D eigenvalue weighted by atomic mass is 16.1. The number of aromatic nitrogens is 2. The molecule has 1 aromatic carbocycles. The lowest BCUT2D eigenvalue weighted by Gasteiger charge is -2.23. The third-order valence-electron chi connectivity index (χ3n) is 4.75. The second-order valence-corrected chi connectivity index (χ2v) is 6.67. The number of nitrogens with one attached hydrogen (secondary N) is 3. The van der Waals surface area contributed by atoms with Gasteiger partial charge in [-0.05, 0) is 44.8 Å². The summed E-state index contributed by atoms with van der Waals surface area (Å²) in [6, 6.07) is 6.19. The highest BCUT2D eigenvalue weighted by Gasteiger charge is 2.23. The van der Waals surface area contributed by atoms with E-state index in [1.54, 1.807) is 0 Å². The van der Waals surface area contributed by atoms with Gasteiger partial charge in [0.2, 0.25) is 5.91 Å². The standard InChI is InChI=1S/C17H25N5O2/c1-21-7-5-13(11-21)22(2)8-6-16(23)18-10-12-3-4-14-15(9-12)20-17(24)19-14/h3-4,9,13H,5-8,10-11H2,1-2H3,(H,18,23)(H2,19,20,24). The van der Waals surface area contributed by atoms with Crippen molar-refractivity contribution in [2.75, 3.05) is 33.7 Å². The van der Waals surface area contributed by atoms with E-state index in [4.69, 9.17) is 0 Å². The molecule has 3 N–H and O–H groups in total. The van der Waals surface area contributed by atoms with Crippen LogP contribution in [-0.2, 0) is 11.3 Å². The lowest BCUT2D eigenvalue weighted by atomic mass is 10.2. The molecule has 1 atom stereocenters. The number of carbonyl (C=O) groups is 1. The number of likely N-dealkylation sites (tertiary alicyclic amines) is 1. The van der Waals surface area contributed by atoms with Crippen molar-refractivity contribution in [2.24, 2.45) is 0 Å². The molecule has 130 valence electrons. The van der Waals surface area contributed by atoms with Gasteiger partial charge in [0.15, 0.2) is 0 Å². The Morgan fingerprint density at radius 2 is 2.17 bits per heavy atom. The van der Waals surface area contributed by atoms with Gasteiger partial charge >= 0.3 is 5.69 Å². The van der Waals surface area contributed by atoms with Crippen molar-refractivity contribution in [3.05, 3.63) is 34.2 Å². The number of rotatable bonds is 6. The van der Waals surface area contributed by atoms with E-state index in [1.807, 2.05) is 18.2 Å². The normalized spacial score (nSPS) is 18.5. The summed E-state index contributed by atoms with van der Waals surface area (Å²) in [7, 11) is 4.22. The molecular weight excluding hydrogens is 306 g/mol. The fourth-order valence-corrected chi connectivity index (χ4v) is 3.21. The Balaban J connectivity index is 1.45. The van der Waals surface area contributed by atoms with Gasteiger partial charge < -0.3 is 25.1 Å². The van der Waals surface area contributed by atoms with Crippen molar-refractivity contribution in [3.63, 3.8) is 0 Å². The van der Waals surface area contributed by atoms with Crippen LogP contribution in [0.1, 0.15) is 18.4 Å². The van der Waals surface area contributed by atoms with Gasteiger partial charge in [-0.1, -0.05) is 6.07 Å². The fourth-order valence-electron chi connectivity index (χ4n) is 3.21. The molecule has 2 heterocycles. The summed E-state index contributed by atoms with van der Waals surface area (Å²) in [5.41, 5.74) is 2.29. The predicted molar refractivity (Wildman–Crippen MR) is 93.9 cm³/mol. The Morgan fingerprint density at radius 1 is 1.38 bits per heavy atom. The van der Waals surface area contributed by atoms with Crippen LogP contribution in [0, 0.1) is 0 Å². The van der Waals surface area contributed by atoms with Crippen LogP contribution in [0.25, 0.3) is 11.0 Å². The molecule has 0 spiro atoms. The van der Waals surface area contributed by atoms with Gasteiger partial charge in [-0.15, -0.1) is 0 Å². The van der Waals surface area contributed by atoms with Gasteiger partial charge in [0.1, 0.15) is 0 Å². The van der Waals surface area contributed by atoms with Crippen LogP contribution in [0.3, 0.4) is 0 Å². The van der Waals surface area contributed by atoms with E-state index in [-0.39, 0.29) is 11.6 Å². The Morgan fingerprint density at radius 3 is 2.92 bits per heavy atom. The zero-order chi connectivity index (χ0) is 17.1. The van der Waals surface area contributed by atoms with Gasteiger partial charge in [-0.2, -0.15) is 0 Å². The number of carbonyl (C=O) groups excluding carboxylic acids is 1. The molecule has 7 heteroatoms. The van der Waals surface area contributed by atoms with Crippen molar-refractivity contribution < 1.29 is 4.79 Å². The Labute approximate surface area is 141 Å². The smallest absolute Gasteiger partial charge is 0.323 e. The van der Waals surface area contributed by atoms with E-state index in [2.05, 4.69) is 39.2 Å². The number of hydrogen-bond donors (Lipinski definition) is 3. The largest absolute Gasteiger partial charge is 0.352 e. The van der Waals surface area contributed by atoms with E-state index in [9.17, 15) is 9.59 Å². The maximum absolute atomic E-state index is 12.1. The Hall–Kier alpha value is -2.12. The molecular formula is C17H25N5O2. The highest BCUT2D eigenvalue weighted by Crippen LogP contribution is 2.13. The van der Waals surface area contributed by atoms with Gasteiger partial charge in [-0.25, -0.2) is 4.79 Å². The number of fused-ring (bicyclic) bond motifs is 1. The monoisotopic (exact) mass is 331 g/mol. The zero-order valence-electron chi connectivity index (χ0n) is 14.3. The number of hydrogen-bond acceptors (Lipinski definition) is 4. The first-order chi connectivity index (χ1) is 11.5. The van der Waals surface area contributed by atoms with Crippen molar-refractivity contribution >= 4 is 16.9 Å². The molecule has 0 radical (unpaired) electrons. The number of H-pyrrole nitrogens is 2. The SMILES string of the molecule is CN1CCC(N(C)CCC(=O)NCc2ccc3[nH]c(=O)[nH]c3c2)C1. The second kappa shape index (κ2) is 7.19. The summed E-state index contributed by atoms with van der Waals surface area (Å²) < 4.78 is 0. The number of nitrogens with zero attached hydrogens (tertiary/aromatic N) is 2. The summed E-state index contributed by atoms with van der Waals surface area (Å²) in [6.07, 6.45) is 1.67. The summed E-state index contributed by atoms with van der Waals surface area (Å²) in [6.45, 7) is 3.45. The lowest BCUT2D eigenvalue weighted by Crippen LogP contribution is -2.36. The van der Waals surface area contributed by atoms with Gasteiger partial charge in [-0.3, -0.25) is 4.79 Å². The average Bonchev–Trinajstić information content (AvgIpc) is 3.14. The molecule has 1 aliphatic rings. The van der Waals surface area contributed by atoms with E-state index >= 15 is 0 Å². The predicted octanol–water partition coefficient (Wildman–Crippen LogP) is 0.498. The molecule has 0 saturated carbocycles.